The van der Waals surface area contributed by atoms with Gasteiger partial charge in [0, 0.05) is 19.6 Å². The fourth-order valence-corrected chi connectivity index (χ4v) is 3.67. The summed E-state index contributed by atoms with van der Waals surface area (Å²) in [5.74, 6) is 0. The SMILES string of the molecule is CC(C)(O)CCc1ccc(N2CCNC[C@H]2c2ccccc2)c(Cl)c1. The predicted octanol–water partition coefficient (Wildman–Crippen LogP) is 4.19. The van der Waals surface area contributed by atoms with Crippen LogP contribution in [0.15, 0.2) is 48.5 Å². The lowest BCUT2D eigenvalue weighted by Crippen LogP contribution is -2.46. The summed E-state index contributed by atoms with van der Waals surface area (Å²) in [6, 6.07) is 17.2. The molecule has 0 spiro atoms. The zero-order valence-electron chi connectivity index (χ0n) is 15.0. The highest BCUT2D eigenvalue weighted by Gasteiger charge is 2.25. The molecule has 134 valence electrons. The Morgan fingerprint density at radius 3 is 2.64 bits per heavy atom. The molecule has 2 aromatic rings. The van der Waals surface area contributed by atoms with Crippen LogP contribution in [-0.2, 0) is 6.42 Å². The van der Waals surface area contributed by atoms with Crippen LogP contribution in [0.5, 0.6) is 0 Å². The molecular formula is C21H27ClN2O. The van der Waals surface area contributed by atoms with Crippen LogP contribution in [0.2, 0.25) is 5.02 Å². The van der Waals surface area contributed by atoms with Crippen LogP contribution in [0.25, 0.3) is 0 Å². The molecule has 0 aromatic heterocycles. The summed E-state index contributed by atoms with van der Waals surface area (Å²) >= 11 is 6.64. The number of piperazine rings is 1. The van der Waals surface area contributed by atoms with E-state index in [0.29, 0.717) is 0 Å². The molecule has 4 heteroatoms. The van der Waals surface area contributed by atoms with Crippen molar-refractivity contribution >= 4 is 17.3 Å². The number of nitrogens with one attached hydrogen (secondary N) is 1. The van der Waals surface area contributed by atoms with Crippen molar-refractivity contribution in [1.82, 2.24) is 5.32 Å². The number of anilines is 1. The second-order valence-electron chi connectivity index (χ2n) is 7.42. The largest absolute Gasteiger partial charge is 0.390 e. The van der Waals surface area contributed by atoms with Gasteiger partial charge in [0.25, 0.3) is 0 Å². The van der Waals surface area contributed by atoms with Crippen molar-refractivity contribution in [3.05, 3.63) is 64.7 Å². The highest BCUT2D eigenvalue weighted by Crippen LogP contribution is 2.34. The average Bonchev–Trinajstić information content (AvgIpc) is 2.60. The molecule has 2 N–H and O–H groups in total. The van der Waals surface area contributed by atoms with Gasteiger partial charge < -0.3 is 15.3 Å². The maximum absolute atomic E-state index is 9.92. The molecule has 1 heterocycles. The molecule has 0 saturated carbocycles. The topological polar surface area (TPSA) is 35.5 Å². The first kappa shape index (κ1) is 18.2. The number of aryl methyl sites for hydroxylation is 1. The van der Waals surface area contributed by atoms with Crippen molar-refractivity contribution in [3.63, 3.8) is 0 Å². The summed E-state index contributed by atoms with van der Waals surface area (Å²) in [6.07, 6.45) is 1.55. The molecule has 1 saturated heterocycles. The molecule has 1 atom stereocenters. The number of hydrogen-bond donors (Lipinski definition) is 2. The zero-order chi connectivity index (χ0) is 17.9. The second kappa shape index (κ2) is 7.77. The van der Waals surface area contributed by atoms with Gasteiger partial charge in [-0.15, -0.1) is 0 Å². The number of rotatable bonds is 5. The van der Waals surface area contributed by atoms with Gasteiger partial charge >= 0.3 is 0 Å². The first-order valence-corrected chi connectivity index (χ1v) is 9.35. The predicted molar refractivity (Wildman–Crippen MR) is 105 cm³/mol. The molecule has 2 aromatic carbocycles. The summed E-state index contributed by atoms with van der Waals surface area (Å²) in [4.78, 5) is 2.40. The molecule has 1 aliphatic heterocycles. The van der Waals surface area contributed by atoms with Crippen LogP contribution >= 0.6 is 11.6 Å². The zero-order valence-corrected chi connectivity index (χ0v) is 15.8. The average molecular weight is 359 g/mol. The normalized spacial score (nSPS) is 18.4. The minimum atomic E-state index is -0.651. The molecule has 1 aliphatic rings. The molecule has 25 heavy (non-hydrogen) atoms. The van der Waals surface area contributed by atoms with Crippen LogP contribution in [0.3, 0.4) is 0 Å². The summed E-state index contributed by atoms with van der Waals surface area (Å²) in [7, 11) is 0. The van der Waals surface area contributed by atoms with Gasteiger partial charge in [0.15, 0.2) is 0 Å². The molecule has 3 nitrogen and oxygen atoms in total. The van der Waals surface area contributed by atoms with E-state index < -0.39 is 5.60 Å². The van der Waals surface area contributed by atoms with Gasteiger partial charge in [-0.25, -0.2) is 0 Å². The lowest BCUT2D eigenvalue weighted by molar-refractivity contribution is 0.0714. The third kappa shape index (κ3) is 4.75. The van der Waals surface area contributed by atoms with Crippen molar-refractivity contribution in [3.8, 4) is 0 Å². The van der Waals surface area contributed by atoms with Gasteiger partial charge in [-0.05, 0) is 49.9 Å². The van der Waals surface area contributed by atoms with Crippen molar-refractivity contribution in [2.75, 3.05) is 24.5 Å². The summed E-state index contributed by atoms with van der Waals surface area (Å²) in [6.45, 7) is 6.49. The Hall–Kier alpha value is -1.55. The standard InChI is InChI=1S/C21H27ClN2O/c1-21(2,25)11-10-16-8-9-19(18(22)14-16)24-13-12-23-15-20(24)17-6-4-3-5-7-17/h3-9,14,20,23,25H,10-13,15H2,1-2H3/t20-/m0/s1. The maximum atomic E-state index is 9.92. The van der Waals surface area contributed by atoms with Gasteiger partial charge in [0.2, 0.25) is 0 Å². The molecule has 0 unspecified atom stereocenters. The Morgan fingerprint density at radius 2 is 1.96 bits per heavy atom. The third-order valence-corrected chi connectivity index (χ3v) is 5.08. The number of hydrogen-bond acceptors (Lipinski definition) is 3. The molecule has 0 amide bonds. The first-order valence-electron chi connectivity index (χ1n) is 8.97. The highest BCUT2D eigenvalue weighted by atomic mass is 35.5. The molecule has 3 rings (SSSR count). The lowest BCUT2D eigenvalue weighted by atomic mass is 9.98. The van der Waals surface area contributed by atoms with Crippen LogP contribution in [0.4, 0.5) is 5.69 Å². The van der Waals surface area contributed by atoms with E-state index in [4.69, 9.17) is 11.6 Å². The maximum Gasteiger partial charge on any atom is 0.0668 e. The van der Waals surface area contributed by atoms with Crippen molar-refractivity contribution in [2.24, 2.45) is 0 Å². The Bertz CT molecular complexity index is 697. The number of benzene rings is 2. The number of aliphatic hydroxyl groups is 1. The van der Waals surface area contributed by atoms with Gasteiger partial charge in [-0.3, -0.25) is 0 Å². The molecule has 0 aliphatic carbocycles. The Morgan fingerprint density at radius 1 is 1.20 bits per heavy atom. The lowest BCUT2D eigenvalue weighted by Gasteiger charge is -2.39. The number of nitrogens with zero attached hydrogens (tertiary/aromatic N) is 1. The van der Waals surface area contributed by atoms with E-state index in [9.17, 15) is 5.11 Å². The molecular weight excluding hydrogens is 332 g/mol. The van der Waals surface area contributed by atoms with E-state index in [0.717, 1.165) is 43.2 Å². The van der Waals surface area contributed by atoms with Crippen molar-refractivity contribution in [1.29, 1.82) is 0 Å². The fraction of sp³-hybridized carbons (Fsp3) is 0.429. The summed E-state index contributed by atoms with van der Waals surface area (Å²) < 4.78 is 0. The van der Waals surface area contributed by atoms with E-state index >= 15 is 0 Å². The van der Waals surface area contributed by atoms with Crippen molar-refractivity contribution < 1.29 is 5.11 Å². The van der Waals surface area contributed by atoms with E-state index in [1.165, 1.54) is 11.1 Å². The molecule has 1 fully saturated rings. The highest BCUT2D eigenvalue weighted by molar-refractivity contribution is 6.33. The Balaban J connectivity index is 1.81. The fourth-order valence-electron chi connectivity index (χ4n) is 3.35. The van der Waals surface area contributed by atoms with Crippen LogP contribution in [0.1, 0.15) is 37.4 Å². The van der Waals surface area contributed by atoms with Crippen LogP contribution in [0, 0.1) is 0 Å². The monoisotopic (exact) mass is 358 g/mol. The Kier molecular flexibility index (Phi) is 5.67. The quantitative estimate of drug-likeness (QED) is 0.841. The van der Waals surface area contributed by atoms with Gasteiger partial charge in [-0.2, -0.15) is 0 Å². The second-order valence-corrected chi connectivity index (χ2v) is 7.83. The smallest absolute Gasteiger partial charge is 0.0668 e. The van der Waals surface area contributed by atoms with Gasteiger partial charge in [0.05, 0.1) is 22.4 Å². The van der Waals surface area contributed by atoms with E-state index in [1.54, 1.807) is 0 Å². The van der Waals surface area contributed by atoms with E-state index in [2.05, 4.69) is 52.7 Å². The van der Waals surface area contributed by atoms with Crippen LogP contribution < -0.4 is 10.2 Å². The van der Waals surface area contributed by atoms with Gasteiger partial charge in [-0.1, -0.05) is 48.0 Å². The Labute approximate surface area is 155 Å². The first-order chi connectivity index (χ1) is 11.9. The van der Waals surface area contributed by atoms with Crippen LogP contribution in [-0.4, -0.2) is 30.3 Å². The third-order valence-electron chi connectivity index (χ3n) is 4.77. The minimum Gasteiger partial charge on any atom is -0.390 e. The summed E-state index contributed by atoms with van der Waals surface area (Å²) in [5, 5.41) is 14.2. The van der Waals surface area contributed by atoms with E-state index in [-0.39, 0.29) is 6.04 Å². The van der Waals surface area contributed by atoms with Gasteiger partial charge in [0.1, 0.15) is 0 Å². The minimum absolute atomic E-state index is 0.287. The summed E-state index contributed by atoms with van der Waals surface area (Å²) in [5.41, 5.74) is 2.91. The number of halogens is 1. The molecule has 0 bridgehead atoms. The molecule has 0 radical (unpaired) electrons. The van der Waals surface area contributed by atoms with Crippen molar-refractivity contribution in [2.45, 2.75) is 38.3 Å². The van der Waals surface area contributed by atoms with E-state index in [1.807, 2.05) is 19.9 Å².